The first-order valence-electron chi connectivity index (χ1n) is 8.38. The summed E-state index contributed by atoms with van der Waals surface area (Å²) in [6.45, 7) is 2.16. The van der Waals surface area contributed by atoms with Crippen LogP contribution in [0.2, 0.25) is 0 Å². The molecule has 6 heteroatoms. The molecule has 0 aromatic heterocycles. The fourth-order valence-corrected chi connectivity index (χ4v) is 3.11. The zero-order valence-electron chi connectivity index (χ0n) is 15.0. The first kappa shape index (κ1) is 17.8. The maximum atomic E-state index is 12.7. The van der Waals surface area contributed by atoms with Gasteiger partial charge in [-0.2, -0.15) is 0 Å². The second kappa shape index (κ2) is 7.47. The third kappa shape index (κ3) is 3.22. The van der Waals surface area contributed by atoms with E-state index in [-0.39, 0.29) is 17.2 Å². The zero-order chi connectivity index (χ0) is 18.7. The van der Waals surface area contributed by atoms with Crippen LogP contribution in [0.1, 0.15) is 22.8 Å². The highest BCUT2D eigenvalue weighted by atomic mass is 16.6. The number of amides is 1. The molecule has 0 saturated heterocycles. The van der Waals surface area contributed by atoms with Crippen molar-refractivity contribution in [2.24, 2.45) is 0 Å². The number of esters is 1. The van der Waals surface area contributed by atoms with Crippen LogP contribution in [0.4, 0.5) is 5.69 Å². The van der Waals surface area contributed by atoms with E-state index in [4.69, 9.17) is 14.2 Å². The zero-order valence-corrected chi connectivity index (χ0v) is 15.0. The van der Waals surface area contributed by atoms with E-state index in [2.05, 4.69) is 0 Å². The molecule has 1 aliphatic rings. The minimum Gasteiger partial charge on any atom is -0.493 e. The highest BCUT2D eigenvalue weighted by Crippen LogP contribution is 2.32. The number of carbonyl (C=O) groups excluding carboxylic acids is 2. The molecule has 0 saturated carbocycles. The van der Waals surface area contributed by atoms with Gasteiger partial charge in [0.15, 0.2) is 17.6 Å². The van der Waals surface area contributed by atoms with E-state index in [1.165, 1.54) is 14.2 Å². The van der Waals surface area contributed by atoms with Crippen LogP contribution in [0, 0.1) is 0 Å². The number of anilines is 1. The van der Waals surface area contributed by atoms with E-state index in [9.17, 15) is 9.59 Å². The summed E-state index contributed by atoms with van der Waals surface area (Å²) in [6.07, 6.45) is -0.115. The molecule has 2 aromatic carbocycles. The van der Waals surface area contributed by atoms with Crippen molar-refractivity contribution in [3.8, 4) is 11.5 Å². The Hall–Kier alpha value is -3.02. The Morgan fingerprint density at radius 1 is 1.04 bits per heavy atom. The summed E-state index contributed by atoms with van der Waals surface area (Å²) in [6, 6.07) is 12.7. The third-order valence-electron chi connectivity index (χ3n) is 4.41. The smallest absolute Gasteiger partial charge is 0.342 e. The van der Waals surface area contributed by atoms with Crippen molar-refractivity contribution in [2.45, 2.75) is 19.4 Å². The van der Waals surface area contributed by atoms with Crippen molar-refractivity contribution in [3.05, 3.63) is 53.6 Å². The number of methoxy groups -OCH3 is 2. The van der Waals surface area contributed by atoms with Gasteiger partial charge < -0.3 is 19.1 Å². The Morgan fingerprint density at radius 2 is 1.81 bits per heavy atom. The maximum absolute atomic E-state index is 12.7. The monoisotopic (exact) mass is 355 g/mol. The molecule has 1 amide bonds. The Balaban J connectivity index is 1.75. The summed E-state index contributed by atoms with van der Waals surface area (Å²) in [7, 11) is 2.94. The van der Waals surface area contributed by atoms with Gasteiger partial charge in [0.25, 0.3) is 5.91 Å². The topological polar surface area (TPSA) is 65.1 Å². The van der Waals surface area contributed by atoms with Gasteiger partial charge in [0, 0.05) is 12.2 Å². The van der Waals surface area contributed by atoms with Crippen LogP contribution in [-0.4, -0.2) is 38.7 Å². The molecule has 0 N–H and O–H groups in total. The molecule has 3 rings (SSSR count). The number of ether oxygens (including phenoxy) is 3. The third-order valence-corrected chi connectivity index (χ3v) is 4.41. The predicted molar refractivity (Wildman–Crippen MR) is 96.9 cm³/mol. The van der Waals surface area contributed by atoms with Crippen LogP contribution in [-0.2, 0) is 16.0 Å². The molecule has 0 fully saturated rings. The molecule has 0 radical (unpaired) electrons. The van der Waals surface area contributed by atoms with Gasteiger partial charge >= 0.3 is 5.97 Å². The van der Waals surface area contributed by atoms with Gasteiger partial charge in [-0.3, -0.25) is 4.79 Å². The second-order valence-corrected chi connectivity index (χ2v) is 5.96. The maximum Gasteiger partial charge on any atom is 0.342 e. The fourth-order valence-electron chi connectivity index (χ4n) is 3.11. The van der Waals surface area contributed by atoms with Crippen molar-refractivity contribution >= 4 is 17.6 Å². The van der Waals surface area contributed by atoms with Crippen LogP contribution in [0.3, 0.4) is 0 Å². The van der Waals surface area contributed by atoms with Crippen molar-refractivity contribution < 1.29 is 23.8 Å². The molecule has 2 aromatic rings. The normalized spacial score (nSPS) is 13.7. The van der Waals surface area contributed by atoms with Crippen molar-refractivity contribution in [1.82, 2.24) is 0 Å². The van der Waals surface area contributed by atoms with Gasteiger partial charge in [0.1, 0.15) is 5.56 Å². The van der Waals surface area contributed by atoms with Crippen LogP contribution in [0.25, 0.3) is 0 Å². The first-order valence-corrected chi connectivity index (χ1v) is 8.38. The number of rotatable bonds is 5. The Morgan fingerprint density at radius 3 is 2.54 bits per heavy atom. The largest absolute Gasteiger partial charge is 0.493 e. The number of nitrogens with zero attached hydrogens (tertiary/aromatic N) is 1. The second-order valence-electron chi connectivity index (χ2n) is 5.96. The lowest BCUT2D eigenvalue weighted by Crippen LogP contribution is -2.39. The summed E-state index contributed by atoms with van der Waals surface area (Å²) in [5, 5.41) is 0. The lowest BCUT2D eigenvalue weighted by Gasteiger charge is -2.22. The molecule has 1 heterocycles. The first-order chi connectivity index (χ1) is 12.6. The van der Waals surface area contributed by atoms with Crippen LogP contribution < -0.4 is 14.4 Å². The van der Waals surface area contributed by atoms with Crippen molar-refractivity contribution in [1.29, 1.82) is 0 Å². The average molecular weight is 355 g/mol. The van der Waals surface area contributed by atoms with Crippen LogP contribution in [0.5, 0.6) is 11.5 Å². The van der Waals surface area contributed by atoms with Crippen LogP contribution >= 0.6 is 0 Å². The van der Waals surface area contributed by atoms with Crippen molar-refractivity contribution in [2.75, 3.05) is 25.7 Å². The molecule has 0 spiro atoms. The molecular formula is C20H21NO5. The number of benzene rings is 2. The average Bonchev–Trinajstić information content (AvgIpc) is 3.10. The summed E-state index contributed by atoms with van der Waals surface area (Å²) in [5.74, 6) is -0.167. The summed E-state index contributed by atoms with van der Waals surface area (Å²) in [5.41, 5.74) is 2.21. The molecule has 0 aliphatic carbocycles. The number of hydrogen-bond donors (Lipinski definition) is 0. The quantitative estimate of drug-likeness (QED) is 0.772. The number of carbonyl (C=O) groups is 2. The molecule has 1 unspecified atom stereocenters. The van der Waals surface area contributed by atoms with Gasteiger partial charge in [-0.15, -0.1) is 0 Å². The van der Waals surface area contributed by atoms with Gasteiger partial charge in [-0.05, 0) is 37.1 Å². The number of hydrogen-bond acceptors (Lipinski definition) is 5. The highest BCUT2D eigenvalue weighted by Gasteiger charge is 2.30. The van der Waals surface area contributed by atoms with E-state index in [1.807, 2.05) is 24.3 Å². The van der Waals surface area contributed by atoms with Gasteiger partial charge in [0.2, 0.25) is 0 Å². The van der Waals surface area contributed by atoms with E-state index in [0.29, 0.717) is 12.3 Å². The minimum absolute atomic E-state index is 0.216. The van der Waals surface area contributed by atoms with Gasteiger partial charge in [-0.1, -0.05) is 24.3 Å². The Bertz CT molecular complexity index is 833. The predicted octanol–water partition coefficient (Wildman–Crippen LogP) is 2.84. The summed E-state index contributed by atoms with van der Waals surface area (Å²) >= 11 is 0. The van der Waals surface area contributed by atoms with Gasteiger partial charge in [-0.25, -0.2) is 4.79 Å². The van der Waals surface area contributed by atoms with E-state index in [0.717, 1.165) is 17.7 Å². The number of para-hydroxylation sites is 2. The molecule has 0 bridgehead atoms. The minimum atomic E-state index is -0.912. The molecule has 136 valence electrons. The molecule has 1 atom stereocenters. The molecular weight excluding hydrogens is 334 g/mol. The lowest BCUT2D eigenvalue weighted by molar-refractivity contribution is -0.126. The van der Waals surface area contributed by atoms with E-state index >= 15 is 0 Å². The summed E-state index contributed by atoms with van der Waals surface area (Å²) < 4.78 is 15.8. The fraction of sp³-hybridized carbons (Fsp3) is 0.300. The van der Waals surface area contributed by atoms with Crippen LogP contribution in [0.15, 0.2) is 42.5 Å². The molecule has 26 heavy (non-hydrogen) atoms. The number of fused-ring (bicyclic) bond motifs is 1. The Labute approximate surface area is 152 Å². The highest BCUT2D eigenvalue weighted by molar-refractivity contribution is 6.01. The summed E-state index contributed by atoms with van der Waals surface area (Å²) in [4.78, 5) is 26.9. The van der Waals surface area contributed by atoms with E-state index < -0.39 is 12.1 Å². The lowest BCUT2D eigenvalue weighted by atomic mass is 10.2. The van der Waals surface area contributed by atoms with Crippen molar-refractivity contribution in [3.63, 3.8) is 0 Å². The Kier molecular flexibility index (Phi) is 5.11. The van der Waals surface area contributed by atoms with E-state index in [1.54, 1.807) is 30.0 Å². The standard InChI is InChI=1S/C20H21NO5/c1-13(19(22)21-12-11-14-7-4-5-9-16(14)21)26-20(23)15-8-6-10-17(24-2)18(15)25-3/h4-10,13H,11-12H2,1-3H3. The van der Waals surface area contributed by atoms with Gasteiger partial charge in [0.05, 0.1) is 14.2 Å². The molecule has 1 aliphatic heterocycles. The SMILES string of the molecule is COc1cccc(C(=O)OC(C)C(=O)N2CCc3ccccc32)c1OC. The molecule has 6 nitrogen and oxygen atoms in total.